The van der Waals surface area contributed by atoms with Gasteiger partial charge in [-0.2, -0.15) is 0 Å². The molecule has 0 aliphatic carbocycles. The predicted octanol–water partition coefficient (Wildman–Crippen LogP) is 3.13. The lowest BCUT2D eigenvalue weighted by Crippen LogP contribution is -2.01. The molecule has 1 aromatic heterocycles. The summed E-state index contributed by atoms with van der Waals surface area (Å²) in [5.41, 5.74) is 1.05. The molecule has 1 aromatic carbocycles. The lowest BCUT2D eigenvalue weighted by molar-refractivity contribution is 0.0599. The fourth-order valence-corrected chi connectivity index (χ4v) is 1.73. The van der Waals surface area contributed by atoms with E-state index in [4.69, 9.17) is 4.42 Å². The minimum atomic E-state index is -0.432. The molecule has 0 spiro atoms. The number of hydrogen-bond acceptors (Lipinski definition) is 4. The third kappa shape index (κ3) is 3.13. The maximum atomic E-state index is 13.0. The SMILES string of the molecule is COC(=O)c1cc(CNc2cccc(F)c2)oc1C. The van der Waals surface area contributed by atoms with E-state index in [0.717, 1.165) is 0 Å². The first kappa shape index (κ1) is 13.1. The molecule has 2 aromatic rings. The van der Waals surface area contributed by atoms with E-state index >= 15 is 0 Å². The Kier molecular flexibility index (Phi) is 3.85. The van der Waals surface area contributed by atoms with E-state index in [1.54, 1.807) is 25.1 Å². The summed E-state index contributed by atoms with van der Waals surface area (Å²) in [7, 11) is 1.32. The minimum absolute atomic E-state index is 0.309. The summed E-state index contributed by atoms with van der Waals surface area (Å²) in [6.07, 6.45) is 0. The maximum absolute atomic E-state index is 13.0. The normalized spacial score (nSPS) is 10.3. The Balaban J connectivity index is 2.06. The molecule has 0 aliphatic heterocycles. The van der Waals surface area contributed by atoms with Crippen LogP contribution in [0.3, 0.4) is 0 Å². The molecule has 0 radical (unpaired) electrons. The number of furan rings is 1. The number of methoxy groups -OCH3 is 1. The number of benzene rings is 1. The summed E-state index contributed by atoms with van der Waals surface area (Å²) in [5, 5.41) is 3.01. The molecule has 100 valence electrons. The van der Waals surface area contributed by atoms with Crippen molar-refractivity contribution in [2.45, 2.75) is 13.5 Å². The summed E-state index contributed by atoms with van der Waals surface area (Å²) < 4.78 is 23.1. The van der Waals surface area contributed by atoms with E-state index in [0.29, 0.717) is 29.3 Å². The smallest absolute Gasteiger partial charge is 0.341 e. The lowest BCUT2D eigenvalue weighted by Gasteiger charge is -2.03. The maximum Gasteiger partial charge on any atom is 0.341 e. The van der Waals surface area contributed by atoms with Crippen LogP contribution >= 0.6 is 0 Å². The minimum Gasteiger partial charge on any atom is -0.465 e. The van der Waals surface area contributed by atoms with Gasteiger partial charge in [0, 0.05) is 5.69 Å². The second-order valence-electron chi connectivity index (χ2n) is 4.04. The number of aryl methyl sites for hydroxylation is 1. The second-order valence-corrected chi connectivity index (χ2v) is 4.04. The van der Waals surface area contributed by atoms with Gasteiger partial charge in [-0.1, -0.05) is 6.07 Å². The van der Waals surface area contributed by atoms with Gasteiger partial charge in [0.05, 0.1) is 13.7 Å². The van der Waals surface area contributed by atoms with Crippen molar-refractivity contribution in [2.75, 3.05) is 12.4 Å². The summed E-state index contributed by atoms with van der Waals surface area (Å²) in [6, 6.07) is 7.74. The molecule has 0 saturated carbocycles. The zero-order valence-electron chi connectivity index (χ0n) is 10.7. The van der Waals surface area contributed by atoms with Gasteiger partial charge in [-0.05, 0) is 31.2 Å². The number of ether oxygens (including phenoxy) is 1. The van der Waals surface area contributed by atoms with Crippen molar-refractivity contribution in [3.05, 3.63) is 53.2 Å². The monoisotopic (exact) mass is 263 g/mol. The van der Waals surface area contributed by atoms with E-state index in [1.165, 1.54) is 19.2 Å². The fraction of sp³-hybridized carbons (Fsp3) is 0.214. The zero-order chi connectivity index (χ0) is 13.8. The van der Waals surface area contributed by atoms with Crippen molar-refractivity contribution < 1.29 is 18.3 Å². The molecule has 0 amide bonds. The first-order valence-electron chi connectivity index (χ1n) is 5.77. The molecule has 4 nitrogen and oxygen atoms in total. The Bertz CT molecular complexity index is 592. The summed E-state index contributed by atoms with van der Waals surface area (Å²) in [5.74, 6) is 0.346. The van der Waals surface area contributed by atoms with E-state index in [2.05, 4.69) is 10.1 Å². The number of carbonyl (C=O) groups excluding carboxylic acids is 1. The molecule has 1 N–H and O–H groups in total. The molecule has 2 rings (SSSR count). The van der Waals surface area contributed by atoms with Crippen LogP contribution in [0.4, 0.5) is 10.1 Å². The van der Waals surface area contributed by atoms with Gasteiger partial charge in [-0.3, -0.25) is 0 Å². The molecule has 19 heavy (non-hydrogen) atoms. The standard InChI is InChI=1S/C14H14FNO3/c1-9-13(14(17)18-2)7-12(19-9)8-16-11-5-3-4-10(15)6-11/h3-7,16H,8H2,1-2H3. The number of hydrogen-bond donors (Lipinski definition) is 1. The summed E-state index contributed by atoms with van der Waals surface area (Å²) in [6.45, 7) is 2.05. The van der Waals surface area contributed by atoms with Crippen LogP contribution in [0.25, 0.3) is 0 Å². The number of rotatable bonds is 4. The average Bonchev–Trinajstić information content (AvgIpc) is 2.77. The molecule has 0 saturated heterocycles. The zero-order valence-corrected chi connectivity index (χ0v) is 10.7. The highest BCUT2D eigenvalue weighted by Gasteiger charge is 2.14. The van der Waals surface area contributed by atoms with Crippen LogP contribution in [0, 0.1) is 12.7 Å². The van der Waals surface area contributed by atoms with Gasteiger partial charge in [-0.15, -0.1) is 0 Å². The van der Waals surface area contributed by atoms with Crippen molar-refractivity contribution in [1.29, 1.82) is 0 Å². The number of carbonyl (C=O) groups is 1. The van der Waals surface area contributed by atoms with Gasteiger partial charge in [-0.25, -0.2) is 9.18 Å². The quantitative estimate of drug-likeness (QED) is 0.861. The predicted molar refractivity (Wildman–Crippen MR) is 68.5 cm³/mol. The highest BCUT2D eigenvalue weighted by atomic mass is 19.1. The molecule has 0 unspecified atom stereocenters. The largest absolute Gasteiger partial charge is 0.465 e. The third-order valence-corrected chi connectivity index (χ3v) is 2.67. The number of halogens is 1. The van der Waals surface area contributed by atoms with E-state index in [9.17, 15) is 9.18 Å². The Morgan fingerprint density at radius 2 is 2.21 bits per heavy atom. The first-order chi connectivity index (χ1) is 9.10. The van der Waals surface area contributed by atoms with Gasteiger partial charge in [0.2, 0.25) is 0 Å². The molecule has 1 heterocycles. The van der Waals surface area contributed by atoms with Crippen LogP contribution in [0.15, 0.2) is 34.7 Å². The van der Waals surface area contributed by atoms with Gasteiger partial charge < -0.3 is 14.5 Å². The van der Waals surface area contributed by atoms with Crippen molar-refractivity contribution in [3.8, 4) is 0 Å². The molecular weight excluding hydrogens is 249 g/mol. The van der Waals surface area contributed by atoms with Crippen LogP contribution in [0.2, 0.25) is 0 Å². The molecule has 0 bridgehead atoms. The summed E-state index contributed by atoms with van der Waals surface area (Å²) >= 11 is 0. The van der Waals surface area contributed by atoms with Crippen LogP contribution in [-0.2, 0) is 11.3 Å². The van der Waals surface area contributed by atoms with Crippen LogP contribution < -0.4 is 5.32 Å². The van der Waals surface area contributed by atoms with Crippen molar-refractivity contribution >= 4 is 11.7 Å². The Morgan fingerprint density at radius 3 is 2.89 bits per heavy atom. The molecule has 0 atom stereocenters. The van der Waals surface area contributed by atoms with E-state index in [1.807, 2.05) is 0 Å². The number of esters is 1. The van der Waals surface area contributed by atoms with Gasteiger partial charge in [0.15, 0.2) is 0 Å². The molecule has 5 heteroatoms. The number of anilines is 1. The van der Waals surface area contributed by atoms with Gasteiger partial charge in [0.1, 0.15) is 22.9 Å². The van der Waals surface area contributed by atoms with Gasteiger partial charge >= 0.3 is 5.97 Å². The second kappa shape index (κ2) is 5.56. The Labute approximate surface area is 110 Å². The van der Waals surface area contributed by atoms with Crippen LogP contribution in [0.5, 0.6) is 0 Å². The van der Waals surface area contributed by atoms with Crippen molar-refractivity contribution in [3.63, 3.8) is 0 Å². The average molecular weight is 263 g/mol. The molecular formula is C14H14FNO3. The Hall–Kier alpha value is -2.30. The molecule has 0 fully saturated rings. The topological polar surface area (TPSA) is 51.5 Å². The van der Waals surface area contributed by atoms with E-state index < -0.39 is 5.97 Å². The van der Waals surface area contributed by atoms with Crippen molar-refractivity contribution in [1.82, 2.24) is 0 Å². The summed E-state index contributed by atoms with van der Waals surface area (Å²) in [4.78, 5) is 11.4. The Morgan fingerprint density at radius 1 is 1.42 bits per heavy atom. The first-order valence-corrected chi connectivity index (χ1v) is 5.77. The highest BCUT2D eigenvalue weighted by molar-refractivity contribution is 5.90. The lowest BCUT2D eigenvalue weighted by atomic mass is 10.2. The number of nitrogens with one attached hydrogen (secondary N) is 1. The van der Waals surface area contributed by atoms with Gasteiger partial charge in [0.25, 0.3) is 0 Å². The van der Waals surface area contributed by atoms with E-state index in [-0.39, 0.29) is 5.82 Å². The molecule has 0 aliphatic rings. The fourth-order valence-electron chi connectivity index (χ4n) is 1.73. The third-order valence-electron chi connectivity index (χ3n) is 2.67. The van der Waals surface area contributed by atoms with Crippen LogP contribution in [-0.4, -0.2) is 13.1 Å². The van der Waals surface area contributed by atoms with Crippen LogP contribution in [0.1, 0.15) is 21.9 Å². The highest BCUT2D eigenvalue weighted by Crippen LogP contribution is 2.17. The van der Waals surface area contributed by atoms with Crippen molar-refractivity contribution in [2.24, 2.45) is 0 Å².